The van der Waals surface area contributed by atoms with Crippen LogP contribution in [0.5, 0.6) is 0 Å². The Bertz CT molecular complexity index is 198. The van der Waals surface area contributed by atoms with E-state index in [2.05, 4.69) is 0 Å². The van der Waals surface area contributed by atoms with E-state index < -0.39 is 5.92 Å². The van der Waals surface area contributed by atoms with Crippen molar-refractivity contribution < 1.29 is 14.3 Å². The van der Waals surface area contributed by atoms with E-state index in [-0.39, 0.29) is 17.7 Å². The summed E-state index contributed by atoms with van der Waals surface area (Å²) in [5.74, 6) is -0.616. The zero-order valence-electron chi connectivity index (χ0n) is 7.50. The Kier molecular flexibility index (Phi) is 2.84. The third-order valence-electron chi connectivity index (χ3n) is 2.30. The van der Waals surface area contributed by atoms with Crippen LogP contribution in [0.1, 0.15) is 26.7 Å². The number of esters is 1. The van der Waals surface area contributed by atoms with Crippen LogP contribution in [0.2, 0.25) is 0 Å². The Morgan fingerprint density at radius 2 is 2.33 bits per heavy atom. The smallest absolute Gasteiger partial charge is 0.316 e. The summed E-state index contributed by atoms with van der Waals surface area (Å²) in [5, 5.41) is 0. The van der Waals surface area contributed by atoms with E-state index >= 15 is 0 Å². The van der Waals surface area contributed by atoms with Crippen molar-refractivity contribution in [2.75, 3.05) is 6.61 Å². The average Bonchev–Trinajstić information content (AvgIpc) is 2.32. The lowest BCUT2D eigenvalue weighted by Crippen LogP contribution is -2.25. The van der Waals surface area contributed by atoms with E-state index in [9.17, 15) is 9.59 Å². The molecule has 0 spiro atoms. The van der Waals surface area contributed by atoms with Gasteiger partial charge in [-0.2, -0.15) is 0 Å². The van der Waals surface area contributed by atoms with Gasteiger partial charge in [0.25, 0.3) is 0 Å². The predicted octanol–water partition coefficient (Wildman–Crippen LogP) is 1.16. The molecule has 0 N–H and O–H groups in total. The highest BCUT2D eigenvalue weighted by Crippen LogP contribution is 2.28. The maximum atomic E-state index is 11.2. The van der Waals surface area contributed by atoms with Gasteiger partial charge >= 0.3 is 5.97 Å². The van der Waals surface area contributed by atoms with Crippen LogP contribution in [-0.4, -0.2) is 18.4 Å². The van der Waals surface area contributed by atoms with Gasteiger partial charge in [-0.25, -0.2) is 0 Å². The van der Waals surface area contributed by atoms with E-state index in [1.165, 1.54) is 0 Å². The summed E-state index contributed by atoms with van der Waals surface area (Å²) in [7, 11) is 0. The molecule has 12 heavy (non-hydrogen) atoms. The molecule has 0 aliphatic heterocycles. The lowest BCUT2D eigenvalue weighted by atomic mass is 9.98. The van der Waals surface area contributed by atoms with E-state index in [0.717, 1.165) is 6.42 Å². The highest BCUT2D eigenvalue weighted by molar-refractivity contribution is 6.00. The molecule has 0 saturated heterocycles. The second kappa shape index (κ2) is 3.70. The number of ketones is 1. The Balaban J connectivity index is 2.59. The van der Waals surface area contributed by atoms with Gasteiger partial charge in [-0.3, -0.25) is 9.59 Å². The third-order valence-corrected chi connectivity index (χ3v) is 2.30. The lowest BCUT2D eigenvalue weighted by Gasteiger charge is -2.11. The number of Topliss-reactive ketones (excluding diaryl/α,β-unsaturated/α-hetero) is 1. The van der Waals surface area contributed by atoms with Crippen LogP contribution in [0.4, 0.5) is 0 Å². The summed E-state index contributed by atoms with van der Waals surface area (Å²) in [6, 6.07) is 0. The van der Waals surface area contributed by atoms with Gasteiger partial charge in [0.15, 0.2) is 0 Å². The number of hydrogen-bond acceptors (Lipinski definition) is 3. The second-order valence-electron chi connectivity index (χ2n) is 3.21. The predicted molar refractivity (Wildman–Crippen MR) is 43.5 cm³/mol. The van der Waals surface area contributed by atoms with Crippen LogP contribution < -0.4 is 0 Å². The van der Waals surface area contributed by atoms with Gasteiger partial charge in [-0.15, -0.1) is 0 Å². The van der Waals surface area contributed by atoms with Crippen molar-refractivity contribution in [1.82, 2.24) is 0 Å². The molecule has 1 aliphatic rings. The first-order valence-electron chi connectivity index (χ1n) is 4.36. The highest BCUT2D eigenvalue weighted by atomic mass is 16.5. The van der Waals surface area contributed by atoms with Crippen molar-refractivity contribution in [1.29, 1.82) is 0 Å². The Hall–Kier alpha value is -0.860. The van der Waals surface area contributed by atoms with E-state index in [1.807, 2.05) is 6.92 Å². The summed E-state index contributed by atoms with van der Waals surface area (Å²) in [4.78, 5) is 22.4. The van der Waals surface area contributed by atoms with E-state index in [1.54, 1.807) is 6.92 Å². The molecule has 1 aliphatic carbocycles. The topological polar surface area (TPSA) is 43.4 Å². The molecule has 1 saturated carbocycles. The van der Waals surface area contributed by atoms with Crippen LogP contribution in [-0.2, 0) is 14.3 Å². The molecule has 1 fully saturated rings. The SMILES string of the molecule is CCOC(=O)[C@H]1C(=O)CC[C@@H]1C. The normalized spacial score (nSPS) is 29.0. The maximum Gasteiger partial charge on any atom is 0.316 e. The minimum Gasteiger partial charge on any atom is -0.465 e. The van der Waals surface area contributed by atoms with Crippen molar-refractivity contribution in [3.63, 3.8) is 0 Å². The van der Waals surface area contributed by atoms with E-state index in [4.69, 9.17) is 4.74 Å². The lowest BCUT2D eigenvalue weighted by molar-refractivity contribution is -0.151. The Labute approximate surface area is 72.1 Å². The first-order chi connectivity index (χ1) is 5.66. The highest BCUT2D eigenvalue weighted by Gasteiger charge is 2.38. The van der Waals surface area contributed by atoms with Crippen molar-refractivity contribution in [2.45, 2.75) is 26.7 Å². The van der Waals surface area contributed by atoms with Crippen LogP contribution in [0.3, 0.4) is 0 Å². The number of hydrogen-bond donors (Lipinski definition) is 0. The Morgan fingerprint density at radius 3 is 2.75 bits per heavy atom. The zero-order valence-corrected chi connectivity index (χ0v) is 7.50. The molecule has 0 radical (unpaired) electrons. The van der Waals surface area contributed by atoms with Crippen LogP contribution in [0.15, 0.2) is 0 Å². The van der Waals surface area contributed by atoms with Crippen LogP contribution >= 0.6 is 0 Å². The number of carbonyl (C=O) groups excluding carboxylic acids is 2. The molecule has 2 atom stereocenters. The van der Waals surface area contributed by atoms with Crippen molar-refractivity contribution >= 4 is 11.8 Å². The van der Waals surface area contributed by atoms with Gasteiger partial charge in [0.05, 0.1) is 6.61 Å². The fourth-order valence-electron chi connectivity index (χ4n) is 1.61. The molecule has 0 unspecified atom stereocenters. The molecule has 1 rings (SSSR count). The molecule has 3 heteroatoms. The molecular formula is C9H14O3. The van der Waals surface area contributed by atoms with Gasteiger partial charge in [0, 0.05) is 6.42 Å². The first kappa shape index (κ1) is 9.23. The summed E-state index contributed by atoms with van der Waals surface area (Å²) in [5.41, 5.74) is 0. The van der Waals surface area contributed by atoms with Gasteiger partial charge in [0.2, 0.25) is 0 Å². The van der Waals surface area contributed by atoms with Crippen LogP contribution in [0, 0.1) is 11.8 Å². The summed E-state index contributed by atoms with van der Waals surface area (Å²) < 4.78 is 4.81. The number of ether oxygens (including phenoxy) is 1. The number of carbonyl (C=O) groups is 2. The monoisotopic (exact) mass is 170 g/mol. The standard InChI is InChI=1S/C9H14O3/c1-3-12-9(11)8-6(2)4-5-7(8)10/h6,8H,3-5H2,1-2H3/t6-,8+/m0/s1. The summed E-state index contributed by atoms with van der Waals surface area (Å²) in [6.45, 7) is 4.03. The van der Waals surface area contributed by atoms with Crippen LogP contribution in [0.25, 0.3) is 0 Å². The molecule has 0 heterocycles. The quantitative estimate of drug-likeness (QED) is 0.461. The fraction of sp³-hybridized carbons (Fsp3) is 0.778. The van der Waals surface area contributed by atoms with Gasteiger partial charge < -0.3 is 4.74 Å². The molecular weight excluding hydrogens is 156 g/mol. The van der Waals surface area contributed by atoms with Crippen molar-refractivity contribution in [3.05, 3.63) is 0 Å². The summed E-state index contributed by atoms with van der Waals surface area (Å²) >= 11 is 0. The molecule has 0 aromatic heterocycles. The minimum absolute atomic E-state index is 0.0425. The molecule has 0 amide bonds. The van der Waals surface area contributed by atoms with Crippen molar-refractivity contribution in [2.24, 2.45) is 11.8 Å². The van der Waals surface area contributed by atoms with E-state index in [0.29, 0.717) is 13.0 Å². The zero-order chi connectivity index (χ0) is 9.14. The fourth-order valence-corrected chi connectivity index (χ4v) is 1.61. The first-order valence-corrected chi connectivity index (χ1v) is 4.36. The molecule has 3 nitrogen and oxygen atoms in total. The largest absolute Gasteiger partial charge is 0.465 e. The Morgan fingerprint density at radius 1 is 1.67 bits per heavy atom. The molecule has 0 aromatic rings. The van der Waals surface area contributed by atoms with Crippen molar-refractivity contribution in [3.8, 4) is 0 Å². The maximum absolute atomic E-state index is 11.2. The third kappa shape index (κ3) is 1.65. The van der Waals surface area contributed by atoms with Gasteiger partial charge in [-0.05, 0) is 19.3 Å². The molecule has 68 valence electrons. The molecule has 0 bridgehead atoms. The van der Waals surface area contributed by atoms with Gasteiger partial charge in [0.1, 0.15) is 11.7 Å². The number of rotatable bonds is 2. The molecule has 0 aromatic carbocycles. The summed E-state index contributed by atoms with van der Waals surface area (Å²) in [6.07, 6.45) is 1.35. The minimum atomic E-state index is -0.482. The van der Waals surface area contributed by atoms with Gasteiger partial charge in [-0.1, -0.05) is 6.92 Å². The average molecular weight is 170 g/mol. The second-order valence-corrected chi connectivity index (χ2v) is 3.21.